The van der Waals surface area contributed by atoms with Crippen LogP contribution in [0.1, 0.15) is 19.8 Å². The maximum Gasteiger partial charge on any atom is 0.140 e. The minimum Gasteiger partial charge on any atom is -0.550 e. The fourth-order valence-electron chi connectivity index (χ4n) is 0.592. The highest BCUT2D eigenvalue weighted by molar-refractivity contribution is 5.94. The van der Waals surface area contributed by atoms with Crippen molar-refractivity contribution in [3.63, 3.8) is 0 Å². The zero-order chi connectivity index (χ0) is 8.15. The summed E-state index contributed by atoms with van der Waals surface area (Å²) in [6.07, 6.45) is -0.421. The van der Waals surface area contributed by atoms with Crippen LogP contribution in [0.15, 0.2) is 0 Å². The van der Waals surface area contributed by atoms with Gasteiger partial charge in [0.2, 0.25) is 0 Å². The summed E-state index contributed by atoms with van der Waals surface area (Å²) in [5.41, 5.74) is 5.23. The molecule has 0 rings (SSSR count). The summed E-state index contributed by atoms with van der Waals surface area (Å²) in [5.74, 6) is -1.72. The Hall–Kier alpha value is -0.900. The highest BCUT2D eigenvalue weighted by Crippen LogP contribution is 1.91. The highest BCUT2D eigenvalue weighted by Gasteiger charge is 2.04. The predicted molar refractivity (Wildman–Crippen MR) is 32.9 cm³/mol. The Morgan fingerprint density at radius 3 is 2.40 bits per heavy atom. The normalized spacial score (nSPS) is 12.6. The van der Waals surface area contributed by atoms with Gasteiger partial charge in [0.25, 0.3) is 0 Å². The van der Waals surface area contributed by atoms with Gasteiger partial charge in [-0.25, -0.2) is 0 Å². The van der Waals surface area contributed by atoms with Crippen molar-refractivity contribution in [3.8, 4) is 0 Å². The molecule has 0 aromatic rings. The number of nitrogens with two attached hydrogens (primary N) is 1. The van der Waals surface area contributed by atoms with Gasteiger partial charge in [-0.1, -0.05) is 0 Å². The van der Waals surface area contributed by atoms with Crippen LogP contribution in [0.25, 0.3) is 0 Å². The number of carboxylic acids is 1. The third-order valence-electron chi connectivity index (χ3n) is 0.891. The van der Waals surface area contributed by atoms with E-state index in [1.54, 1.807) is 6.92 Å². The van der Waals surface area contributed by atoms with E-state index in [0.29, 0.717) is 0 Å². The van der Waals surface area contributed by atoms with Gasteiger partial charge in [-0.05, 0) is 6.92 Å². The molecule has 2 N–H and O–H groups in total. The fraction of sp³-hybridized carbons (Fsp3) is 0.667. The summed E-state index contributed by atoms with van der Waals surface area (Å²) in [6, 6.07) is -0.271. The van der Waals surface area contributed by atoms with Gasteiger partial charge in [0.1, 0.15) is 5.78 Å². The van der Waals surface area contributed by atoms with Crippen molar-refractivity contribution in [1.82, 2.24) is 0 Å². The number of Topliss-reactive ketones (excluding diaryl/α,β-unsaturated/α-hetero) is 1. The zero-order valence-electron chi connectivity index (χ0n) is 5.79. The van der Waals surface area contributed by atoms with Crippen LogP contribution in [-0.4, -0.2) is 17.8 Å². The summed E-state index contributed by atoms with van der Waals surface area (Å²) in [5, 5.41) is 9.82. The Morgan fingerprint density at radius 1 is 1.60 bits per heavy atom. The molecule has 0 spiro atoms. The number of hydrogen-bond donors (Lipinski definition) is 1. The van der Waals surface area contributed by atoms with Crippen LogP contribution in [-0.2, 0) is 9.59 Å². The number of carbonyl (C=O) groups is 2. The van der Waals surface area contributed by atoms with Crippen molar-refractivity contribution in [2.24, 2.45) is 5.73 Å². The summed E-state index contributed by atoms with van der Waals surface area (Å²) in [6.45, 7) is 1.65. The third kappa shape index (κ3) is 5.24. The van der Waals surface area contributed by atoms with Gasteiger partial charge in [-0.2, -0.15) is 0 Å². The summed E-state index contributed by atoms with van der Waals surface area (Å²) in [4.78, 5) is 20.4. The Kier molecular flexibility index (Phi) is 3.64. The molecule has 10 heavy (non-hydrogen) atoms. The van der Waals surface area contributed by atoms with Crippen LogP contribution in [0.4, 0.5) is 0 Å². The molecule has 0 amide bonds. The van der Waals surface area contributed by atoms with E-state index >= 15 is 0 Å². The molecule has 0 aromatic carbocycles. The molecule has 0 aliphatic heterocycles. The number of carboxylic acid groups (broad SMARTS) is 1. The van der Waals surface area contributed by atoms with Crippen LogP contribution in [0.5, 0.6) is 0 Å². The van der Waals surface area contributed by atoms with E-state index in [0.717, 1.165) is 0 Å². The van der Waals surface area contributed by atoms with Crippen LogP contribution in [0.2, 0.25) is 0 Å². The SMILES string of the molecule is C[C@H](N)CC(=O)CC(=O)[O-]. The van der Waals surface area contributed by atoms with Crippen LogP contribution < -0.4 is 10.8 Å². The van der Waals surface area contributed by atoms with E-state index in [1.165, 1.54) is 0 Å². The average molecular weight is 144 g/mol. The maximum absolute atomic E-state index is 10.6. The average Bonchev–Trinajstić information content (AvgIpc) is 1.58. The van der Waals surface area contributed by atoms with Gasteiger partial charge < -0.3 is 15.6 Å². The Balaban J connectivity index is 3.54. The zero-order valence-corrected chi connectivity index (χ0v) is 5.79. The molecule has 0 aromatic heterocycles. The first-order valence-electron chi connectivity index (χ1n) is 2.99. The lowest BCUT2D eigenvalue weighted by atomic mass is 10.1. The monoisotopic (exact) mass is 144 g/mol. The van der Waals surface area contributed by atoms with E-state index in [4.69, 9.17) is 5.73 Å². The molecule has 0 aliphatic rings. The lowest BCUT2D eigenvalue weighted by Crippen LogP contribution is -2.28. The van der Waals surface area contributed by atoms with Crippen molar-refractivity contribution in [1.29, 1.82) is 0 Å². The van der Waals surface area contributed by atoms with Crippen molar-refractivity contribution in [2.45, 2.75) is 25.8 Å². The topological polar surface area (TPSA) is 83.2 Å². The van der Waals surface area contributed by atoms with E-state index in [-0.39, 0.29) is 18.2 Å². The quantitative estimate of drug-likeness (QED) is 0.483. The minimum absolute atomic E-state index is 0.105. The van der Waals surface area contributed by atoms with E-state index in [1.807, 2.05) is 0 Å². The molecule has 0 radical (unpaired) electrons. The molecular weight excluding hydrogens is 134 g/mol. The highest BCUT2D eigenvalue weighted by atomic mass is 16.4. The second kappa shape index (κ2) is 4.00. The van der Waals surface area contributed by atoms with Crippen molar-refractivity contribution < 1.29 is 14.7 Å². The lowest BCUT2D eigenvalue weighted by Gasteiger charge is -2.03. The van der Waals surface area contributed by atoms with Gasteiger partial charge in [-0.15, -0.1) is 0 Å². The molecule has 0 bridgehead atoms. The van der Waals surface area contributed by atoms with Crippen LogP contribution in [0, 0.1) is 0 Å². The first-order chi connectivity index (χ1) is 4.52. The summed E-state index contributed by atoms with van der Waals surface area (Å²) < 4.78 is 0. The second-order valence-electron chi connectivity index (χ2n) is 2.27. The molecule has 1 atom stereocenters. The second-order valence-corrected chi connectivity index (χ2v) is 2.27. The van der Waals surface area contributed by atoms with Gasteiger partial charge in [0.05, 0.1) is 0 Å². The third-order valence-corrected chi connectivity index (χ3v) is 0.891. The van der Waals surface area contributed by atoms with E-state index < -0.39 is 12.4 Å². The van der Waals surface area contributed by atoms with Crippen LogP contribution in [0.3, 0.4) is 0 Å². The number of carbonyl (C=O) groups excluding carboxylic acids is 2. The van der Waals surface area contributed by atoms with Crippen molar-refractivity contribution in [2.75, 3.05) is 0 Å². The van der Waals surface area contributed by atoms with Gasteiger partial charge in [0, 0.05) is 24.9 Å². The molecule has 0 saturated carbocycles. The summed E-state index contributed by atoms with van der Waals surface area (Å²) >= 11 is 0. The molecular formula is C6H10NO3-. The smallest absolute Gasteiger partial charge is 0.140 e. The molecule has 0 heterocycles. The van der Waals surface area contributed by atoms with Gasteiger partial charge in [-0.3, -0.25) is 4.79 Å². The fourth-order valence-corrected chi connectivity index (χ4v) is 0.592. The van der Waals surface area contributed by atoms with Gasteiger partial charge in [0.15, 0.2) is 0 Å². The van der Waals surface area contributed by atoms with Crippen molar-refractivity contribution in [3.05, 3.63) is 0 Å². The molecule has 0 fully saturated rings. The number of rotatable bonds is 4. The molecule has 4 nitrogen and oxygen atoms in total. The van der Waals surface area contributed by atoms with E-state index in [2.05, 4.69) is 0 Å². The Morgan fingerprint density at radius 2 is 2.10 bits per heavy atom. The first kappa shape index (κ1) is 9.10. The van der Waals surface area contributed by atoms with Crippen molar-refractivity contribution >= 4 is 11.8 Å². The molecule has 4 heteroatoms. The lowest BCUT2D eigenvalue weighted by molar-refractivity contribution is -0.304. The number of ketones is 1. The molecule has 0 saturated heterocycles. The predicted octanol–water partition coefficient (Wildman–Crippen LogP) is -1.57. The maximum atomic E-state index is 10.6. The molecule has 0 unspecified atom stereocenters. The number of aliphatic carboxylic acids is 1. The molecule has 0 aliphatic carbocycles. The Labute approximate surface area is 59.0 Å². The summed E-state index contributed by atoms with van der Waals surface area (Å²) in [7, 11) is 0. The number of hydrogen-bond acceptors (Lipinski definition) is 4. The first-order valence-corrected chi connectivity index (χ1v) is 2.99. The van der Waals surface area contributed by atoms with Gasteiger partial charge >= 0.3 is 0 Å². The Bertz CT molecular complexity index is 142. The van der Waals surface area contributed by atoms with E-state index in [9.17, 15) is 14.7 Å². The van der Waals surface area contributed by atoms with Crippen LogP contribution >= 0.6 is 0 Å². The standard InChI is InChI=1S/C6H11NO3/c1-4(7)2-5(8)3-6(9)10/h4H,2-3,7H2,1H3,(H,9,10)/p-1/t4-/m0/s1. The minimum atomic E-state index is -1.34. The molecule has 58 valence electrons. The largest absolute Gasteiger partial charge is 0.550 e.